The van der Waals surface area contributed by atoms with Crippen LogP contribution in [0.4, 0.5) is 0 Å². The Morgan fingerprint density at radius 3 is 1.16 bits per heavy atom. The zero-order valence-electron chi connectivity index (χ0n) is 33.5. The number of rotatable bonds is 8. The van der Waals surface area contributed by atoms with Crippen LogP contribution in [0.5, 0.6) is 0 Å². The van der Waals surface area contributed by atoms with E-state index in [2.05, 4.69) is 218 Å². The lowest BCUT2D eigenvalue weighted by Gasteiger charge is -2.34. The average molecular weight is 777 g/mol. The van der Waals surface area contributed by atoms with Gasteiger partial charge in [0.05, 0.1) is 16.8 Å². The summed E-state index contributed by atoms with van der Waals surface area (Å²) in [6, 6.07) is 87.1. The van der Waals surface area contributed by atoms with Gasteiger partial charge in [-0.25, -0.2) is 9.97 Å². The standard InChI is InChI=1S/C59H40N2/c1-5-16-41(17-6-1)42-30-36-46(37-31-42)55-40-56(61-58(60-55)48-18-7-2-8-19-48)47-38-32-44(33-39-47)43-28-34-45(35-29-43)51-25-15-27-54-57(51)52-24-13-14-26-53(52)59(54,49-20-9-3-10-21-49)50-22-11-4-12-23-50/h1-40H. The zero-order chi connectivity index (χ0) is 40.6. The number of fused-ring (bicyclic) bond motifs is 3. The first-order chi connectivity index (χ1) is 30.2. The van der Waals surface area contributed by atoms with E-state index in [0.717, 1.165) is 39.2 Å². The normalized spacial score (nSPS) is 12.4. The lowest BCUT2D eigenvalue weighted by Crippen LogP contribution is -2.28. The summed E-state index contributed by atoms with van der Waals surface area (Å²) >= 11 is 0. The first-order valence-electron chi connectivity index (χ1n) is 20.9. The molecule has 0 fully saturated rings. The van der Waals surface area contributed by atoms with Crippen LogP contribution in [-0.4, -0.2) is 9.97 Å². The van der Waals surface area contributed by atoms with Gasteiger partial charge in [-0.1, -0.05) is 237 Å². The van der Waals surface area contributed by atoms with Gasteiger partial charge in [-0.2, -0.15) is 0 Å². The van der Waals surface area contributed by atoms with Crippen LogP contribution >= 0.6 is 0 Å². The Hall–Kier alpha value is -7.94. The quantitative estimate of drug-likeness (QED) is 0.154. The number of aromatic nitrogens is 2. The van der Waals surface area contributed by atoms with Crippen molar-refractivity contribution in [3.63, 3.8) is 0 Å². The van der Waals surface area contributed by atoms with Crippen LogP contribution in [0.25, 0.3) is 78.4 Å². The largest absolute Gasteiger partial charge is 0.228 e. The first kappa shape index (κ1) is 36.2. The van der Waals surface area contributed by atoms with Gasteiger partial charge in [0.15, 0.2) is 5.82 Å². The van der Waals surface area contributed by atoms with E-state index < -0.39 is 5.41 Å². The van der Waals surface area contributed by atoms with Gasteiger partial charge < -0.3 is 0 Å². The SMILES string of the molecule is c1ccc(-c2ccc(-c3cc(-c4ccc(-c5ccc(-c6cccc7c6-c6ccccc6C7(c6ccccc6)c6ccccc6)cc5)cc4)nc(-c4ccccc4)n3)cc2)cc1. The van der Waals surface area contributed by atoms with Gasteiger partial charge in [0.2, 0.25) is 0 Å². The van der Waals surface area contributed by atoms with Gasteiger partial charge in [0.25, 0.3) is 0 Å². The topological polar surface area (TPSA) is 25.8 Å². The highest BCUT2D eigenvalue weighted by atomic mass is 14.9. The van der Waals surface area contributed by atoms with Crippen LogP contribution in [0.1, 0.15) is 22.3 Å². The molecule has 9 aromatic carbocycles. The minimum Gasteiger partial charge on any atom is -0.228 e. The van der Waals surface area contributed by atoms with Gasteiger partial charge in [0, 0.05) is 16.7 Å². The van der Waals surface area contributed by atoms with Gasteiger partial charge in [-0.05, 0) is 72.8 Å². The molecule has 2 heteroatoms. The minimum absolute atomic E-state index is 0.425. The summed E-state index contributed by atoms with van der Waals surface area (Å²) in [6.07, 6.45) is 0. The second-order valence-corrected chi connectivity index (χ2v) is 15.7. The van der Waals surface area contributed by atoms with Crippen molar-refractivity contribution in [3.05, 3.63) is 265 Å². The number of nitrogens with zero attached hydrogens (tertiary/aromatic N) is 2. The summed E-state index contributed by atoms with van der Waals surface area (Å²) < 4.78 is 0. The van der Waals surface area contributed by atoms with Crippen LogP contribution in [0.3, 0.4) is 0 Å². The van der Waals surface area contributed by atoms with Gasteiger partial charge in [-0.15, -0.1) is 0 Å². The highest BCUT2D eigenvalue weighted by Crippen LogP contribution is 2.58. The average Bonchev–Trinajstić information content (AvgIpc) is 3.66. The maximum atomic E-state index is 5.09. The van der Waals surface area contributed by atoms with Crippen LogP contribution in [-0.2, 0) is 5.41 Å². The van der Waals surface area contributed by atoms with E-state index in [1.807, 2.05) is 24.3 Å². The summed E-state index contributed by atoms with van der Waals surface area (Å²) in [5, 5.41) is 0. The molecule has 10 aromatic rings. The zero-order valence-corrected chi connectivity index (χ0v) is 33.5. The number of benzene rings is 9. The second-order valence-electron chi connectivity index (χ2n) is 15.7. The smallest absolute Gasteiger partial charge is 0.160 e. The van der Waals surface area contributed by atoms with Gasteiger partial charge in [0.1, 0.15) is 0 Å². The molecule has 0 saturated carbocycles. The molecule has 1 aromatic heterocycles. The molecule has 61 heavy (non-hydrogen) atoms. The highest BCUT2D eigenvalue weighted by Gasteiger charge is 2.46. The second kappa shape index (κ2) is 15.3. The summed E-state index contributed by atoms with van der Waals surface area (Å²) in [7, 11) is 0. The third kappa shape index (κ3) is 6.37. The fourth-order valence-corrected chi connectivity index (χ4v) is 9.33. The lowest BCUT2D eigenvalue weighted by atomic mass is 9.67. The summed E-state index contributed by atoms with van der Waals surface area (Å²) in [5.41, 5.74) is 19.3. The summed E-state index contributed by atoms with van der Waals surface area (Å²) in [4.78, 5) is 10.2. The molecule has 0 unspecified atom stereocenters. The van der Waals surface area contributed by atoms with Crippen molar-refractivity contribution in [1.82, 2.24) is 9.97 Å². The Labute approximate surface area is 357 Å². The maximum Gasteiger partial charge on any atom is 0.160 e. The maximum absolute atomic E-state index is 5.09. The first-order valence-corrected chi connectivity index (χ1v) is 20.9. The monoisotopic (exact) mass is 776 g/mol. The predicted molar refractivity (Wildman–Crippen MR) is 252 cm³/mol. The lowest BCUT2D eigenvalue weighted by molar-refractivity contribution is 0.768. The van der Waals surface area contributed by atoms with Crippen LogP contribution in [0.15, 0.2) is 243 Å². The Bertz CT molecular complexity index is 3080. The Morgan fingerprint density at radius 2 is 0.639 bits per heavy atom. The van der Waals surface area contributed by atoms with Crippen LogP contribution < -0.4 is 0 Å². The van der Waals surface area contributed by atoms with Gasteiger partial charge >= 0.3 is 0 Å². The van der Waals surface area contributed by atoms with E-state index >= 15 is 0 Å². The molecule has 1 heterocycles. The van der Waals surface area contributed by atoms with Crippen molar-refractivity contribution in [2.75, 3.05) is 0 Å². The molecule has 0 radical (unpaired) electrons. The van der Waals surface area contributed by atoms with E-state index in [9.17, 15) is 0 Å². The fraction of sp³-hybridized carbons (Fsp3) is 0.0169. The van der Waals surface area contributed by atoms with E-state index in [0.29, 0.717) is 5.82 Å². The molecular weight excluding hydrogens is 737 g/mol. The van der Waals surface area contributed by atoms with Crippen molar-refractivity contribution in [2.45, 2.75) is 5.41 Å². The molecule has 0 atom stereocenters. The third-order valence-corrected chi connectivity index (χ3v) is 12.2. The molecule has 0 saturated heterocycles. The minimum atomic E-state index is -0.425. The van der Waals surface area contributed by atoms with Crippen molar-refractivity contribution in [1.29, 1.82) is 0 Å². The number of hydrogen-bond acceptors (Lipinski definition) is 2. The molecule has 0 amide bonds. The molecule has 0 aliphatic heterocycles. The van der Waals surface area contributed by atoms with E-state index in [-0.39, 0.29) is 0 Å². The molecule has 1 aliphatic rings. The Kier molecular flexibility index (Phi) is 9.09. The van der Waals surface area contributed by atoms with Crippen molar-refractivity contribution < 1.29 is 0 Å². The molecule has 286 valence electrons. The molecule has 2 nitrogen and oxygen atoms in total. The molecule has 11 rings (SSSR count). The van der Waals surface area contributed by atoms with Crippen molar-refractivity contribution in [3.8, 4) is 78.4 Å². The van der Waals surface area contributed by atoms with Crippen molar-refractivity contribution in [2.24, 2.45) is 0 Å². The third-order valence-electron chi connectivity index (χ3n) is 12.2. The van der Waals surface area contributed by atoms with Crippen LogP contribution in [0.2, 0.25) is 0 Å². The van der Waals surface area contributed by atoms with E-state index in [1.54, 1.807) is 0 Å². The van der Waals surface area contributed by atoms with E-state index in [4.69, 9.17) is 9.97 Å². The number of hydrogen-bond donors (Lipinski definition) is 0. The Morgan fingerprint density at radius 1 is 0.262 bits per heavy atom. The van der Waals surface area contributed by atoms with Crippen molar-refractivity contribution >= 4 is 0 Å². The highest BCUT2D eigenvalue weighted by molar-refractivity contribution is 5.95. The summed E-state index contributed by atoms with van der Waals surface area (Å²) in [6.45, 7) is 0. The van der Waals surface area contributed by atoms with E-state index in [1.165, 1.54) is 55.6 Å². The molecular formula is C59H40N2. The van der Waals surface area contributed by atoms with Gasteiger partial charge in [-0.3, -0.25) is 0 Å². The van der Waals surface area contributed by atoms with Crippen LogP contribution in [0, 0.1) is 0 Å². The fourth-order valence-electron chi connectivity index (χ4n) is 9.33. The Balaban J connectivity index is 0.939. The summed E-state index contributed by atoms with van der Waals surface area (Å²) in [5.74, 6) is 0.708. The molecule has 0 bridgehead atoms. The molecule has 0 N–H and O–H groups in total. The predicted octanol–water partition coefficient (Wildman–Crippen LogP) is 14.8. The molecule has 0 spiro atoms. The molecule has 1 aliphatic carbocycles.